The first kappa shape index (κ1) is 13.5. The summed E-state index contributed by atoms with van der Waals surface area (Å²) in [5.41, 5.74) is 4.32. The van der Waals surface area contributed by atoms with Gasteiger partial charge in [-0.25, -0.2) is 0 Å². The van der Waals surface area contributed by atoms with Crippen LogP contribution in [-0.4, -0.2) is 6.26 Å². The molecule has 0 nitrogen and oxygen atoms in total. The van der Waals surface area contributed by atoms with Crippen molar-refractivity contribution in [2.24, 2.45) is 5.92 Å². The lowest BCUT2D eigenvalue weighted by molar-refractivity contribution is 0.532. The Morgan fingerprint density at radius 3 is 2.25 bits per heavy atom. The van der Waals surface area contributed by atoms with Crippen LogP contribution in [0.2, 0.25) is 0 Å². The maximum atomic E-state index is 2.45. The van der Waals surface area contributed by atoms with Gasteiger partial charge in [0.25, 0.3) is 0 Å². The van der Waals surface area contributed by atoms with Gasteiger partial charge in [0, 0.05) is 10.8 Å². The van der Waals surface area contributed by atoms with Gasteiger partial charge in [0.1, 0.15) is 0 Å². The van der Waals surface area contributed by atoms with E-state index in [1.54, 1.807) is 11.8 Å². The normalized spacial score (nSPS) is 21.2. The fraction of sp³-hybridized carbons (Fsp3) is 0.263. The van der Waals surface area contributed by atoms with Crippen molar-refractivity contribution in [2.45, 2.75) is 24.2 Å². The molecule has 1 aliphatic carbocycles. The molecule has 2 unspecified atom stereocenters. The zero-order chi connectivity index (χ0) is 13.9. The van der Waals surface area contributed by atoms with E-state index < -0.39 is 0 Å². The molecule has 0 heterocycles. The second kappa shape index (κ2) is 5.88. The Hall–Kier alpha value is -1.47. The molecule has 0 spiro atoms. The van der Waals surface area contributed by atoms with Crippen LogP contribution >= 0.6 is 11.8 Å². The number of hydrogen-bond acceptors (Lipinski definition) is 1. The van der Waals surface area contributed by atoms with Crippen LogP contribution in [0, 0.1) is 5.92 Å². The molecule has 0 amide bonds. The largest absolute Gasteiger partial charge is 0.130 e. The highest BCUT2D eigenvalue weighted by Crippen LogP contribution is 2.48. The molecule has 102 valence electrons. The minimum Gasteiger partial charge on any atom is -0.130 e. The summed E-state index contributed by atoms with van der Waals surface area (Å²) in [5, 5.41) is 0. The van der Waals surface area contributed by atoms with Crippen molar-refractivity contribution in [3.63, 3.8) is 0 Å². The summed E-state index contributed by atoms with van der Waals surface area (Å²) in [6.45, 7) is 2.28. The summed E-state index contributed by atoms with van der Waals surface area (Å²) >= 11 is 1.80. The van der Waals surface area contributed by atoms with E-state index in [1.165, 1.54) is 28.0 Å². The Kier molecular flexibility index (Phi) is 3.98. The number of thioether (sulfide) groups is 1. The predicted molar refractivity (Wildman–Crippen MR) is 89.2 cm³/mol. The lowest BCUT2D eigenvalue weighted by atomic mass is 9.67. The zero-order valence-electron chi connectivity index (χ0n) is 12.0. The van der Waals surface area contributed by atoms with Crippen molar-refractivity contribution < 1.29 is 0 Å². The summed E-state index contributed by atoms with van der Waals surface area (Å²) in [7, 11) is 0. The highest BCUT2D eigenvalue weighted by atomic mass is 32.2. The molecule has 0 fully saturated rings. The van der Waals surface area contributed by atoms with Gasteiger partial charge in [0.05, 0.1) is 0 Å². The third-order valence-corrected chi connectivity index (χ3v) is 4.95. The first-order chi connectivity index (χ1) is 9.83. The number of rotatable bonds is 4. The van der Waals surface area contributed by atoms with Crippen molar-refractivity contribution in [1.82, 2.24) is 0 Å². The molecule has 3 rings (SSSR count). The molecule has 0 aliphatic heterocycles. The number of allylic oxidation sites excluding steroid dienone is 2. The summed E-state index contributed by atoms with van der Waals surface area (Å²) in [6, 6.07) is 19.9. The van der Waals surface area contributed by atoms with E-state index in [0.29, 0.717) is 11.8 Å². The molecular formula is C19H20S. The second-order valence-electron chi connectivity index (χ2n) is 5.31. The maximum absolute atomic E-state index is 2.45. The Morgan fingerprint density at radius 2 is 1.65 bits per heavy atom. The lowest BCUT2D eigenvalue weighted by Crippen LogP contribution is -2.21. The molecule has 0 aromatic heterocycles. The smallest absolute Gasteiger partial charge is 0.0155 e. The number of hydrogen-bond donors (Lipinski definition) is 0. The topological polar surface area (TPSA) is 0 Å². The van der Waals surface area contributed by atoms with Crippen LogP contribution in [0.3, 0.4) is 0 Å². The maximum Gasteiger partial charge on any atom is 0.0155 e. The number of benzene rings is 2. The molecule has 0 N–H and O–H groups in total. The Labute approximate surface area is 125 Å². The van der Waals surface area contributed by atoms with Crippen LogP contribution in [0.15, 0.2) is 65.6 Å². The summed E-state index contributed by atoms with van der Waals surface area (Å²) in [4.78, 5) is 1.34. The highest BCUT2D eigenvalue weighted by Gasteiger charge is 2.32. The molecule has 1 heteroatoms. The Balaban J connectivity index is 1.92. The third kappa shape index (κ3) is 2.43. The lowest BCUT2D eigenvalue weighted by Gasteiger charge is -2.36. The van der Waals surface area contributed by atoms with Gasteiger partial charge in [-0.2, -0.15) is 0 Å². The van der Waals surface area contributed by atoms with E-state index in [2.05, 4.69) is 73.9 Å². The van der Waals surface area contributed by atoms with Crippen LogP contribution in [-0.2, 0) is 0 Å². The quantitative estimate of drug-likeness (QED) is 0.655. The predicted octanol–water partition coefficient (Wildman–Crippen LogP) is 5.62. The van der Waals surface area contributed by atoms with Gasteiger partial charge in [-0.05, 0) is 47.4 Å². The van der Waals surface area contributed by atoms with E-state index in [-0.39, 0.29) is 0 Å². The first-order valence-electron chi connectivity index (χ1n) is 7.24. The van der Waals surface area contributed by atoms with E-state index in [4.69, 9.17) is 0 Å². The van der Waals surface area contributed by atoms with E-state index in [0.717, 1.165) is 0 Å². The molecule has 0 radical (unpaired) electrons. The van der Waals surface area contributed by atoms with Crippen LogP contribution in [0.5, 0.6) is 0 Å². The van der Waals surface area contributed by atoms with Gasteiger partial charge in [-0.1, -0.05) is 55.5 Å². The van der Waals surface area contributed by atoms with Gasteiger partial charge in [-0.3, -0.25) is 0 Å². The molecule has 1 aliphatic rings. The van der Waals surface area contributed by atoms with Crippen molar-refractivity contribution in [2.75, 3.05) is 6.26 Å². The van der Waals surface area contributed by atoms with Crippen LogP contribution in [0.4, 0.5) is 0 Å². The fourth-order valence-corrected chi connectivity index (χ4v) is 3.45. The minimum atomic E-state index is 0.568. The monoisotopic (exact) mass is 280 g/mol. The molecule has 0 bridgehead atoms. The summed E-state index contributed by atoms with van der Waals surface area (Å²) < 4.78 is 0. The molecule has 2 atom stereocenters. The van der Waals surface area contributed by atoms with E-state index in [9.17, 15) is 0 Å². The first-order valence-corrected chi connectivity index (χ1v) is 8.47. The fourth-order valence-electron chi connectivity index (χ4n) is 3.04. The van der Waals surface area contributed by atoms with Gasteiger partial charge in [0.2, 0.25) is 0 Å². The van der Waals surface area contributed by atoms with Crippen molar-refractivity contribution in [1.29, 1.82) is 0 Å². The van der Waals surface area contributed by atoms with Gasteiger partial charge >= 0.3 is 0 Å². The van der Waals surface area contributed by atoms with Gasteiger partial charge in [-0.15, -0.1) is 11.8 Å². The Morgan fingerprint density at radius 1 is 0.950 bits per heavy atom. The van der Waals surface area contributed by atoms with Crippen molar-refractivity contribution in [3.05, 3.63) is 71.8 Å². The molecule has 0 saturated carbocycles. The molecule has 0 saturated heterocycles. The molecule has 20 heavy (non-hydrogen) atoms. The molecule has 2 aromatic carbocycles. The van der Waals surface area contributed by atoms with Crippen LogP contribution < -0.4 is 0 Å². The zero-order valence-corrected chi connectivity index (χ0v) is 12.9. The van der Waals surface area contributed by atoms with Crippen LogP contribution in [0.25, 0.3) is 5.57 Å². The minimum absolute atomic E-state index is 0.568. The van der Waals surface area contributed by atoms with Gasteiger partial charge in [0.15, 0.2) is 0 Å². The summed E-state index contributed by atoms with van der Waals surface area (Å²) in [6.07, 6.45) is 5.79. The SMILES string of the molecule is CCC1C=C(c2ccccc2)C1c1ccc(SC)cc1. The standard InChI is InChI=1S/C19H20S/c1-3-14-13-18(15-7-5-4-6-8-15)19(14)16-9-11-17(20-2)12-10-16/h4-14,19H,3H2,1-2H3. The Bertz CT molecular complexity index is 595. The van der Waals surface area contributed by atoms with Crippen molar-refractivity contribution >= 4 is 17.3 Å². The average molecular weight is 280 g/mol. The average Bonchev–Trinajstić information content (AvgIpc) is 2.49. The molecular weight excluding hydrogens is 260 g/mol. The van der Waals surface area contributed by atoms with E-state index >= 15 is 0 Å². The third-order valence-electron chi connectivity index (χ3n) is 4.21. The van der Waals surface area contributed by atoms with Crippen molar-refractivity contribution in [3.8, 4) is 0 Å². The van der Waals surface area contributed by atoms with Gasteiger partial charge < -0.3 is 0 Å². The summed E-state index contributed by atoms with van der Waals surface area (Å²) in [5.74, 6) is 1.25. The highest BCUT2D eigenvalue weighted by molar-refractivity contribution is 7.98. The molecule has 2 aromatic rings. The van der Waals surface area contributed by atoms with Crippen LogP contribution in [0.1, 0.15) is 30.4 Å². The van der Waals surface area contributed by atoms with E-state index in [1.807, 2.05) is 0 Å². The second-order valence-corrected chi connectivity index (χ2v) is 6.19.